The number of hydrogen-bond donors (Lipinski definition) is 1. The lowest BCUT2D eigenvalue weighted by atomic mass is 10.2. The van der Waals surface area contributed by atoms with Crippen LogP contribution in [0.3, 0.4) is 0 Å². The Morgan fingerprint density at radius 2 is 2.12 bits per heavy atom. The first-order chi connectivity index (χ1) is 8.13. The molecule has 1 aromatic rings. The number of nitrogens with one attached hydrogen (secondary N) is 1. The summed E-state index contributed by atoms with van der Waals surface area (Å²) in [5.41, 5.74) is 1.04. The van der Waals surface area contributed by atoms with E-state index in [1.54, 1.807) is 7.11 Å². The number of ether oxygens (including phenoxy) is 2. The van der Waals surface area contributed by atoms with Crippen LogP contribution in [0.25, 0.3) is 0 Å². The Morgan fingerprint density at radius 3 is 2.76 bits per heavy atom. The molecule has 0 aromatic heterocycles. The molecule has 0 bridgehead atoms. The summed E-state index contributed by atoms with van der Waals surface area (Å²) < 4.78 is 11.7. The zero-order valence-electron chi connectivity index (χ0n) is 10.6. The Morgan fingerprint density at radius 1 is 1.35 bits per heavy atom. The third kappa shape index (κ3) is 5.41. The van der Waals surface area contributed by atoms with Gasteiger partial charge in [-0.3, -0.25) is 0 Å². The van der Waals surface area contributed by atoms with Crippen LogP contribution in [0.4, 0.5) is 5.69 Å². The van der Waals surface area contributed by atoms with E-state index in [9.17, 15) is 0 Å². The highest BCUT2D eigenvalue weighted by Crippen LogP contribution is 2.27. The van der Waals surface area contributed by atoms with Crippen molar-refractivity contribution in [1.29, 1.82) is 0 Å². The summed E-state index contributed by atoms with van der Waals surface area (Å²) in [6.45, 7) is 6.62. The van der Waals surface area contributed by atoms with Gasteiger partial charge in [-0.05, 0) is 34.0 Å². The average Bonchev–Trinajstić information content (AvgIpc) is 2.30. The van der Waals surface area contributed by atoms with Crippen molar-refractivity contribution in [2.75, 3.05) is 32.2 Å². The maximum absolute atomic E-state index is 5.49. The molecule has 1 aromatic carbocycles. The van der Waals surface area contributed by atoms with Crippen molar-refractivity contribution < 1.29 is 9.47 Å². The number of rotatable bonds is 7. The molecule has 0 saturated heterocycles. The minimum Gasteiger partial charge on any atom is -0.495 e. The molecule has 0 aliphatic rings. The van der Waals surface area contributed by atoms with Gasteiger partial charge in [0, 0.05) is 24.9 Å². The number of benzene rings is 1. The van der Waals surface area contributed by atoms with E-state index < -0.39 is 0 Å². The van der Waals surface area contributed by atoms with Gasteiger partial charge in [0.1, 0.15) is 5.75 Å². The quantitative estimate of drug-likeness (QED) is 0.781. The van der Waals surface area contributed by atoms with Gasteiger partial charge in [0.05, 0.1) is 18.2 Å². The predicted octanol–water partition coefficient (Wildman–Crippen LogP) is 3.54. The van der Waals surface area contributed by atoms with Crippen molar-refractivity contribution in [3.8, 4) is 5.75 Å². The second-order valence-electron chi connectivity index (χ2n) is 4.24. The maximum atomic E-state index is 5.49. The summed E-state index contributed by atoms with van der Waals surface area (Å²) >= 11 is 3.42. The van der Waals surface area contributed by atoms with E-state index in [0.717, 1.165) is 35.7 Å². The van der Waals surface area contributed by atoms with E-state index in [4.69, 9.17) is 9.47 Å². The maximum Gasteiger partial charge on any atom is 0.135 e. The van der Waals surface area contributed by atoms with Crippen LogP contribution in [0, 0.1) is 5.92 Å². The summed E-state index contributed by atoms with van der Waals surface area (Å²) in [4.78, 5) is 0. The molecule has 17 heavy (non-hydrogen) atoms. The molecule has 0 fully saturated rings. The van der Waals surface area contributed by atoms with Crippen molar-refractivity contribution in [2.24, 2.45) is 5.92 Å². The molecular weight excluding hydrogens is 282 g/mol. The van der Waals surface area contributed by atoms with Crippen LogP contribution < -0.4 is 10.1 Å². The molecule has 0 saturated carbocycles. The molecule has 0 spiro atoms. The van der Waals surface area contributed by atoms with Gasteiger partial charge >= 0.3 is 0 Å². The summed E-state index contributed by atoms with van der Waals surface area (Å²) in [6.07, 6.45) is 0. The number of anilines is 1. The van der Waals surface area contributed by atoms with Crippen molar-refractivity contribution in [3.63, 3.8) is 0 Å². The van der Waals surface area contributed by atoms with Crippen LogP contribution in [0.15, 0.2) is 22.7 Å². The molecule has 0 radical (unpaired) electrons. The Labute approximate surface area is 112 Å². The molecule has 0 amide bonds. The summed E-state index contributed by atoms with van der Waals surface area (Å²) in [7, 11) is 1.66. The van der Waals surface area contributed by atoms with Crippen LogP contribution in [0.5, 0.6) is 5.75 Å². The fraction of sp³-hybridized carbons (Fsp3) is 0.538. The van der Waals surface area contributed by atoms with E-state index in [1.165, 1.54) is 0 Å². The molecule has 0 unspecified atom stereocenters. The average molecular weight is 302 g/mol. The molecule has 0 atom stereocenters. The van der Waals surface area contributed by atoms with Gasteiger partial charge in [0.25, 0.3) is 0 Å². The lowest BCUT2D eigenvalue weighted by molar-refractivity contribution is 0.118. The zero-order chi connectivity index (χ0) is 12.7. The van der Waals surface area contributed by atoms with Gasteiger partial charge in [0.2, 0.25) is 0 Å². The fourth-order valence-electron chi connectivity index (χ4n) is 1.36. The minimum absolute atomic E-state index is 0.586. The molecule has 4 heteroatoms. The van der Waals surface area contributed by atoms with Crippen LogP contribution in [-0.4, -0.2) is 26.9 Å². The van der Waals surface area contributed by atoms with Gasteiger partial charge in [-0.2, -0.15) is 0 Å². The lowest BCUT2D eigenvalue weighted by Crippen LogP contribution is -2.12. The largest absolute Gasteiger partial charge is 0.495 e. The van der Waals surface area contributed by atoms with Gasteiger partial charge in [-0.1, -0.05) is 13.8 Å². The van der Waals surface area contributed by atoms with E-state index >= 15 is 0 Å². The first-order valence-electron chi connectivity index (χ1n) is 5.78. The van der Waals surface area contributed by atoms with Crippen LogP contribution in [0.2, 0.25) is 0 Å². The minimum atomic E-state index is 0.586. The van der Waals surface area contributed by atoms with Crippen LogP contribution >= 0.6 is 15.9 Å². The van der Waals surface area contributed by atoms with E-state index in [2.05, 4.69) is 35.1 Å². The van der Waals surface area contributed by atoms with Crippen LogP contribution in [0.1, 0.15) is 13.8 Å². The standard InChI is InChI=1S/C13H20BrNO2/c1-10(2)9-17-7-6-15-11-4-5-12(14)13(8-11)16-3/h4-5,8,10,15H,6-7,9H2,1-3H3. The monoisotopic (exact) mass is 301 g/mol. The Bertz CT molecular complexity index is 342. The van der Waals surface area contributed by atoms with Gasteiger partial charge in [-0.15, -0.1) is 0 Å². The molecule has 1 N–H and O–H groups in total. The third-order valence-corrected chi connectivity index (χ3v) is 2.83. The summed E-state index contributed by atoms with van der Waals surface area (Å²) in [5.74, 6) is 1.42. The second-order valence-corrected chi connectivity index (χ2v) is 5.10. The normalized spacial score (nSPS) is 10.6. The first kappa shape index (κ1) is 14.3. The highest BCUT2D eigenvalue weighted by atomic mass is 79.9. The smallest absolute Gasteiger partial charge is 0.135 e. The van der Waals surface area contributed by atoms with Crippen molar-refractivity contribution >= 4 is 21.6 Å². The Kier molecular flexibility index (Phi) is 6.37. The summed E-state index contributed by atoms with van der Waals surface area (Å²) in [5, 5.41) is 3.29. The molecular formula is C13H20BrNO2. The Balaban J connectivity index is 2.32. The third-order valence-electron chi connectivity index (χ3n) is 2.18. The SMILES string of the molecule is COc1cc(NCCOCC(C)C)ccc1Br. The van der Waals surface area contributed by atoms with Crippen molar-refractivity contribution in [1.82, 2.24) is 0 Å². The van der Waals surface area contributed by atoms with Crippen LogP contribution in [-0.2, 0) is 4.74 Å². The van der Waals surface area contributed by atoms with E-state index in [0.29, 0.717) is 5.92 Å². The topological polar surface area (TPSA) is 30.5 Å². The molecule has 3 nitrogen and oxygen atoms in total. The molecule has 0 aliphatic carbocycles. The molecule has 0 heterocycles. The van der Waals surface area contributed by atoms with Gasteiger partial charge < -0.3 is 14.8 Å². The highest BCUT2D eigenvalue weighted by Gasteiger charge is 2.01. The number of hydrogen-bond acceptors (Lipinski definition) is 3. The summed E-state index contributed by atoms with van der Waals surface area (Å²) in [6, 6.07) is 5.94. The first-order valence-corrected chi connectivity index (χ1v) is 6.58. The number of methoxy groups -OCH3 is 1. The predicted molar refractivity (Wildman–Crippen MR) is 74.8 cm³/mol. The van der Waals surface area contributed by atoms with Gasteiger partial charge in [-0.25, -0.2) is 0 Å². The zero-order valence-corrected chi connectivity index (χ0v) is 12.2. The molecule has 96 valence electrons. The molecule has 0 aliphatic heterocycles. The highest BCUT2D eigenvalue weighted by molar-refractivity contribution is 9.10. The fourth-order valence-corrected chi connectivity index (χ4v) is 1.76. The Hall–Kier alpha value is -0.740. The van der Waals surface area contributed by atoms with E-state index in [-0.39, 0.29) is 0 Å². The van der Waals surface area contributed by atoms with Crippen molar-refractivity contribution in [2.45, 2.75) is 13.8 Å². The van der Waals surface area contributed by atoms with Gasteiger partial charge in [0.15, 0.2) is 0 Å². The van der Waals surface area contributed by atoms with Crippen molar-refractivity contribution in [3.05, 3.63) is 22.7 Å². The molecule has 1 rings (SSSR count). The number of halogens is 1. The second kappa shape index (κ2) is 7.56. The van der Waals surface area contributed by atoms with E-state index in [1.807, 2.05) is 18.2 Å². The lowest BCUT2D eigenvalue weighted by Gasteiger charge is -2.10.